The summed E-state index contributed by atoms with van der Waals surface area (Å²) in [7, 11) is 3.44. The smallest absolute Gasteiger partial charge is 0.164 e. The van der Waals surface area contributed by atoms with E-state index < -0.39 is 0 Å². The Hall–Kier alpha value is -2.98. The maximum Gasteiger partial charge on any atom is 0.164 e. The predicted molar refractivity (Wildman–Crippen MR) is 111 cm³/mol. The van der Waals surface area contributed by atoms with Crippen LogP contribution >= 0.6 is 0 Å². The van der Waals surface area contributed by atoms with Crippen LogP contribution in [-0.4, -0.2) is 20.8 Å². The lowest BCUT2D eigenvalue weighted by molar-refractivity contribution is 0.346. The standard InChI is InChI=1S/C24H25NO3/c1-26-23-18(15-19-16-25-13-12-22(19)24(23)27-2)14-17-8-10-21(11-9-17)28-20-6-4-3-5-7-20/h3-11,15,25H,12-14,16H2,1-2H3. The number of hydrogen-bond donors (Lipinski definition) is 1. The summed E-state index contributed by atoms with van der Waals surface area (Å²) in [6.07, 6.45) is 1.74. The minimum atomic E-state index is 0.776. The van der Waals surface area contributed by atoms with Crippen LogP contribution in [0, 0.1) is 0 Å². The highest BCUT2D eigenvalue weighted by molar-refractivity contribution is 5.57. The highest BCUT2D eigenvalue weighted by Gasteiger charge is 2.21. The highest BCUT2D eigenvalue weighted by atomic mass is 16.5. The highest BCUT2D eigenvalue weighted by Crippen LogP contribution is 2.39. The van der Waals surface area contributed by atoms with Crippen LogP contribution in [0.15, 0.2) is 60.7 Å². The molecule has 0 atom stereocenters. The van der Waals surface area contributed by atoms with Gasteiger partial charge in [0.15, 0.2) is 11.5 Å². The molecule has 4 heteroatoms. The van der Waals surface area contributed by atoms with Gasteiger partial charge in [0.2, 0.25) is 0 Å². The Labute approximate surface area is 166 Å². The first-order chi connectivity index (χ1) is 13.8. The van der Waals surface area contributed by atoms with Gasteiger partial charge in [-0.25, -0.2) is 0 Å². The van der Waals surface area contributed by atoms with Crippen molar-refractivity contribution in [2.75, 3.05) is 20.8 Å². The first-order valence-electron chi connectivity index (χ1n) is 9.56. The lowest BCUT2D eigenvalue weighted by Gasteiger charge is -2.24. The number of fused-ring (bicyclic) bond motifs is 1. The van der Waals surface area contributed by atoms with Gasteiger partial charge in [0.25, 0.3) is 0 Å². The maximum absolute atomic E-state index is 5.89. The summed E-state index contributed by atoms with van der Waals surface area (Å²) in [4.78, 5) is 0. The Morgan fingerprint density at radius 3 is 2.29 bits per heavy atom. The van der Waals surface area contributed by atoms with Crippen molar-refractivity contribution in [2.45, 2.75) is 19.4 Å². The van der Waals surface area contributed by atoms with Gasteiger partial charge in [0.1, 0.15) is 11.5 Å². The first kappa shape index (κ1) is 18.4. The molecule has 0 saturated heterocycles. The molecule has 0 aliphatic carbocycles. The van der Waals surface area contributed by atoms with Crippen molar-refractivity contribution in [1.29, 1.82) is 0 Å². The lowest BCUT2D eigenvalue weighted by atomic mass is 9.93. The summed E-state index contributed by atoms with van der Waals surface area (Å²) in [5.41, 5.74) is 4.89. The van der Waals surface area contributed by atoms with E-state index >= 15 is 0 Å². The number of benzene rings is 3. The molecule has 1 aliphatic rings. The van der Waals surface area contributed by atoms with E-state index in [2.05, 4.69) is 23.5 Å². The van der Waals surface area contributed by atoms with E-state index in [-0.39, 0.29) is 0 Å². The van der Waals surface area contributed by atoms with Gasteiger partial charge in [-0.05, 0) is 54.4 Å². The zero-order valence-corrected chi connectivity index (χ0v) is 16.3. The molecular weight excluding hydrogens is 350 g/mol. The molecule has 0 saturated carbocycles. The molecule has 4 rings (SSSR count). The second kappa shape index (κ2) is 8.36. The van der Waals surface area contributed by atoms with E-state index in [1.807, 2.05) is 42.5 Å². The number of nitrogens with one attached hydrogen (secondary N) is 1. The quantitative estimate of drug-likeness (QED) is 0.676. The average molecular weight is 375 g/mol. The van der Waals surface area contributed by atoms with Gasteiger partial charge in [0, 0.05) is 24.1 Å². The Kier molecular flexibility index (Phi) is 5.49. The number of para-hydroxylation sites is 1. The zero-order chi connectivity index (χ0) is 19.3. The Bertz CT molecular complexity index is 936. The molecule has 3 aromatic rings. The molecule has 0 radical (unpaired) electrons. The number of rotatable bonds is 6. The van der Waals surface area contributed by atoms with Crippen molar-refractivity contribution in [3.05, 3.63) is 82.9 Å². The van der Waals surface area contributed by atoms with Gasteiger partial charge < -0.3 is 19.5 Å². The zero-order valence-electron chi connectivity index (χ0n) is 16.3. The van der Waals surface area contributed by atoms with Gasteiger partial charge in [0.05, 0.1) is 14.2 Å². The molecular formula is C24H25NO3. The molecule has 0 spiro atoms. The fraction of sp³-hybridized carbons (Fsp3) is 0.250. The third-order valence-corrected chi connectivity index (χ3v) is 5.08. The molecule has 4 nitrogen and oxygen atoms in total. The van der Waals surface area contributed by atoms with Crippen LogP contribution in [0.2, 0.25) is 0 Å². The fourth-order valence-electron chi connectivity index (χ4n) is 3.75. The predicted octanol–water partition coefficient (Wildman–Crippen LogP) is 4.73. The van der Waals surface area contributed by atoms with Crippen LogP contribution in [0.25, 0.3) is 0 Å². The maximum atomic E-state index is 5.89. The summed E-state index contributed by atoms with van der Waals surface area (Å²) >= 11 is 0. The fourth-order valence-corrected chi connectivity index (χ4v) is 3.75. The second-order valence-corrected chi connectivity index (χ2v) is 6.90. The van der Waals surface area contributed by atoms with Crippen molar-refractivity contribution < 1.29 is 14.2 Å². The molecule has 1 heterocycles. The molecule has 28 heavy (non-hydrogen) atoms. The first-order valence-corrected chi connectivity index (χ1v) is 9.56. The van der Waals surface area contributed by atoms with E-state index in [0.29, 0.717) is 0 Å². The Balaban J connectivity index is 1.58. The van der Waals surface area contributed by atoms with Gasteiger partial charge in [-0.1, -0.05) is 30.3 Å². The largest absolute Gasteiger partial charge is 0.493 e. The summed E-state index contributed by atoms with van der Waals surface area (Å²) in [5, 5.41) is 3.44. The molecule has 0 unspecified atom stereocenters. The van der Waals surface area contributed by atoms with E-state index in [1.54, 1.807) is 14.2 Å². The number of hydrogen-bond acceptors (Lipinski definition) is 4. The van der Waals surface area contributed by atoms with Crippen molar-refractivity contribution in [2.24, 2.45) is 0 Å². The SMILES string of the molecule is COc1c(Cc2ccc(Oc3ccccc3)cc2)cc2c(c1OC)CCNC2. The van der Waals surface area contributed by atoms with Crippen LogP contribution in [-0.2, 0) is 19.4 Å². The van der Waals surface area contributed by atoms with Crippen LogP contribution in [0.3, 0.4) is 0 Å². The summed E-state index contributed by atoms with van der Waals surface area (Å²) < 4.78 is 17.4. The van der Waals surface area contributed by atoms with Gasteiger partial charge in [-0.15, -0.1) is 0 Å². The van der Waals surface area contributed by atoms with Gasteiger partial charge in [-0.2, -0.15) is 0 Å². The van der Waals surface area contributed by atoms with Crippen LogP contribution in [0.4, 0.5) is 0 Å². The molecule has 0 aromatic heterocycles. The normalized spacial score (nSPS) is 12.9. The monoisotopic (exact) mass is 375 g/mol. The topological polar surface area (TPSA) is 39.7 Å². The molecule has 0 fully saturated rings. The summed E-state index contributed by atoms with van der Waals surface area (Å²) in [5.74, 6) is 3.38. The van der Waals surface area contributed by atoms with Crippen molar-refractivity contribution in [3.63, 3.8) is 0 Å². The van der Waals surface area contributed by atoms with Crippen molar-refractivity contribution in [1.82, 2.24) is 5.32 Å². The molecule has 3 aromatic carbocycles. The molecule has 144 valence electrons. The van der Waals surface area contributed by atoms with Gasteiger partial charge in [-0.3, -0.25) is 0 Å². The molecule has 1 aliphatic heterocycles. The van der Waals surface area contributed by atoms with E-state index in [0.717, 1.165) is 54.5 Å². The van der Waals surface area contributed by atoms with Crippen molar-refractivity contribution in [3.8, 4) is 23.0 Å². The molecule has 1 N–H and O–H groups in total. The summed E-state index contributed by atoms with van der Waals surface area (Å²) in [6, 6.07) is 20.3. The third-order valence-electron chi connectivity index (χ3n) is 5.08. The second-order valence-electron chi connectivity index (χ2n) is 6.90. The van der Waals surface area contributed by atoms with Crippen LogP contribution in [0.1, 0.15) is 22.3 Å². The van der Waals surface area contributed by atoms with Crippen LogP contribution < -0.4 is 19.5 Å². The number of methoxy groups -OCH3 is 2. The minimum Gasteiger partial charge on any atom is -0.493 e. The van der Waals surface area contributed by atoms with Crippen LogP contribution in [0.5, 0.6) is 23.0 Å². The van der Waals surface area contributed by atoms with E-state index in [9.17, 15) is 0 Å². The van der Waals surface area contributed by atoms with E-state index in [4.69, 9.17) is 14.2 Å². The average Bonchev–Trinajstić information content (AvgIpc) is 2.75. The Morgan fingerprint density at radius 2 is 1.57 bits per heavy atom. The Morgan fingerprint density at radius 1 is 0.857 bits per heavy atom. The number of ether oxygens (including phenoxy) is 3. The lowest BCUT2D eigenvalue weighted by Crippen LogP contribution is -2.24. The van der Waals surface area contributed by atoms with Gasteiger partial charge >= 0.3 is 0 Å². The molecule has 0 amide bonds. The summed E-state index contributed by atoms with van der Waals surface area (Å²) in [6.45, 7) is 1.83. The third kappa shape index (κ3) is 3.82. The molecule has 0 bridgehead atoms. The van der Waals surface area contributed by atoms with Crippen molar-refractivity contribution >= 4 is 0 Å². The minimum absolute atomic E-state index is 0.776. The van der Waals surface area contributed by atoms with E-state index in [1.165, 1.54) is 16.7 Å².